The van der Waals surface area contributed by atoms with E-state index in [0.29, 0.717) is 12.3 Å². The van der Waals surface area contributed by atoms with Crippen molar-refractivity contribution in [2.24, 2.45) is 10.4 Å². The van der Waals surface area contributed by atoms with Crippen LogP contribution in [0.5, 0.6) is 0 Å². The lowest BCUT2D eigenvalue weighted by molar-refractivity contribution is -0.137. The lowest BCUT2D eigenvalue weighted by Gasteiger charge is -2.36. The van der Waals surface area contributed by atoms with Crippen LogP contribution in [0.1, 0.15) is 44.9 Å². The van der Waals surface area contributed by atoms with Crippen LogP contribution in [0, 0.1) is 12.3 Å². The van der Waals surface area contributed by atoms with Gasteiger partial charge in [0.2, 0.25) is 15.9 Å². The molecule has 1 aromatic heterocycles. The Morgan fingerprint density at radius 3 is 2.50 bits per heavy atom. The van der Waals surface area contributed by atoms with Gasteiger partial charge >= 0.3 is 0 Å². The van der Waals surface area contributed by atoms with Gasteiger partial charge in [-0.15, -0.1) is 11.3 Å². The molecule has 0 bridgehead atoms. The first kappa shape index (κ1) is 26.9. The number of aryl methyl sites for hydroxylation is 1. The summed E-state index contributed by atoms with van der Waals surface area (Å²) in [5.74, 6) is -0.456. The number of β-amino-alcohol motifs (C(OH)–C–C–N with tert-alkyl or cyclic N) is 1. The van der Waals surface area contributed by atoms with Crippen molar-refractivity contribution in [3.05, 3.63) is 41.0 Å². The minimum absolute atomic E-state index is 0.0438. The highest BCUT2D eigenvalue weighted by atomic mass is 32.2. The van der Waals surface area contributed by atoms with Crippen molar-refractivity contribution >= 4 is 39.0 Å². The quantitative estimate of drug-likeness (QED) is 0.572. The number of nitrogens with zero attached hydrogens (tertiary/aromatic N) is 4. The second kappa shape index (κ2) is 9.22. The topological polar surface area (TPSA) is 132 Å². The average molecular weight is 560 g/mol. The van der Waals surface area contributed by atoms with E-state index in [1.54, 1.807) is 23.8 Å². The molecule has 2 amide bonds. The maximum atomic E-state index is 13.9. The van der Waals surface area contributed by atoms with Crippen molar-refractivity contribution < 1.29 is 23.1 Å². The zero-order valence-electron chi connectivity index (χ0n) is 22.1. The number of aromatic nitrogens is 1. The van der Waals surface area contributed by atoms with Gasteiger partial charge in [-0.25, -0.2) is 13.4 Å². The van der Waals surface area contributed by atoms with Crippen LogP contribution in [0.15, 0.2) is 34.8 Å². The Balaban J connectivity index is 1.40. The zero-order valence-corrected chi connectivity index (χ0v) is 23.8. The second-order valence-electron chi connectivity index (χ2n) is 11.3. The van der Waals surface area contributed by atoms with E-state index in [1.165, 1.54) is 9.21 Å². The summed E-state index contributed by atoms with van der Waals surface area (Å²) in [7, 11) is -3.61. The number of hydrogen-bond donors (Lipinski definition) is 2. The molecule has 5 rings (SSSR count). The molecule has 10 nitrogen and oxygen atoms in total. The Morgan fingerprint density at radius 2 is 1.89 bits per heavy atom. The van der Waals surface area contributed by atoms with Crippen molar-refractivity contribution in [1.29, 1.82) is 0 Å². The number of sulfonamides is 1. The van der Waals surface area contributed by atoms with E-state index in [2.05, 4.69) is 15.3 Å². The Hall–Kier alpha value is -2.67. The molecular weight excluding hydrogens is 526 g/mol. The van der Waals surface area contributed by atoms with Crippen LogP contribution in [-0.2, 0) is 25.2 Å². The number of benzene rings is 1. The molecule has 0 saturated carbocycles. The van der Waals surface area contributed by atoms with Crippen LogP contribution in [0.3, 0.4) is 0 Å². The van der Waals surface area contributed by atoms with Crippen LogP contribution in [0.2, 0.25) is 0 Å². The number of carbonyl (C=O) groups is 2. The SMILES string of the molecule is Cc1ncsc1-c1ccc([C@]2(C)NC([C@@H]3C[C@@H](O)CN3C(=O)[C@H]3N(S(C)(=O)=O)CCC3(C)C)=NC2=O)cc1. The van der Waals surface area contributed by atoms with Crippen LogP contribution in [0.4, 0.5) is 0 Å². The Kier molecular flexibility index (Phi) is 6.53. The third-order valence-electron chi connectivity index (χ3n) is 8.04. The van der Waals surface area contributed by atoms with Gasteiger partial charge in [-0.1, -0.05) is 38.1 Å². The number of rotatable bonds is 5. The van der Waals surface area contributed by atoms with Gasteiger partial charge in [-0.05, 0) is 36.8 Å². The van der Waals surface area contributed by atoms with E-state index < -0.39 is 39.2 Å². The first-order valence-electron chi connectivity index (χ1n) is 12.6. The third-order valence-corrected chi connectivity index (χ3v) is 10.3. The standard InChI is InChI=1S/C26H33N5O5S2/c1-15-20(37-14-27-15)16-6-8-17(9-7-16)26(4)24(34)28-22(29-26)19-12-18(32)13-30(19)23(33)21-25(2,3)10-11-31(21)38(5,35)36/h6-9,14,18-19,21,32H,10-13H2,1-5H3,(H,28,29,34)/t18-,19+,21-,26+/m1/s1. The molecule has 2 saturated heterocycles. The number of amidine groups is 1. The molecule has 0 unspecified atom stereocenters. The van der Waals surface area contributed by atoms with Crippen molar-refractivity contribution in [2.75, 3.05) is 19.3 Å². The molecule has 1 aromatic carbocycles. The van der Waals surface area contributed by atoms with Crippen LogP contribution >= 0.6 is 11.3 Å². The number of amides is 2. The normalized spacial score (nSPS) is 29.5. The highest BCUT2D eigenvalue weighted by Gasteiger charge is 2.54. The number of carbonyl (C=O) groups excluding carboxylic acids is 2. The predicted molar refractivity (Wildman–Crippen MR) is 145 cm³/mol. The summed E-state index contributed by atoms with van der Waals surface area (Å²) in [6.45, 7) is 7.77. The Morgan fingerprint density at radius 1 is 1.21 bits per heavy atom. The zero-order chi connectivity index (χ0) is 27.6. The molecule has 4 heterocycles. The number of hydrogen-bond acceptors (Lipinski definition) is 8. The average Bonchev–Trinajstić information content (AvgIpc) is 3.59. The number of aliphatic imine (C=N–C) groups is 1. The van der Waals surface area contributed by atoms with E-state index in [4.69, 9.17) is 0 Å². The van der Waals surface area contributed by atoms with Gasteiger partial charge in [0, 0.05) is 19.5 Å². The van der Waals surface area contributed by atoms with Gasteiger partial charge in [0.1, 0.15) is 17.4 Å². The van der Waals surface area contributed by atoms with Gasteiger partial charge in [-0.3, -0.25) is 9.59 Å². The summed E-state index contributed by atoms with van der Waals surface area (Å²) >= 11 is 1.55. The summed E-state index contributed by atoms with van der Waals surface area (Å²) in [4.78, 5) is 38.2. The minimum atomic E-state index is -3.61. The van der Waals surface area contributed by atoms with Crippen molar-refractivity contribution in [1.82, 2.24) is 19.5 Å². The van der Waals surface area contributed by atoms with Gasteiger partial charge in [0.25, 0.3) is 5.91 Å². The van der Waals surface area contributed by atoms with E-state index in [-0.39, 0.29) is 31.3 Å². The number of nitrogens with one attached hydrogen (secondary N) is 1. The molecule has 0 radical (unpaired) electrons. The van der Waals surface area contributed by atoms with E-state index in [0.717, 1.165) is 28.0 Å². The van der Waals surface area contributed by atoms with E-state index >= 15 is 0 Å². The minimum Gasteiger partial charge on any atom is -0.391 e. The summed E-state index contributed by atoms with van der Waals surface area (Å²) in [6.07, 6.45) is 1.05. The molecule has 204 valence electrons. The fraction of sp³-hybridized carbons (Fsp3) is 0.538. The number of likely N-dealkylation sites (tertiary alicyclic amines) is 1. The summed E-state index contributed by atoms with van der Waals surface area (Å²) in [6, 6.07) is 6.11. The number of aliphatic hydroxyl groups excluding tert-OH is 1. The van der Waals surface area contributed by atoms with Gasteiger partial charge < -0.3 is 15.3 Å². The monoisotopic (exact) mass is 559 g/mol. The first-order chi connectivity index (χ1) is 17.7. The van der Waals surface area contributed by atoms with Crippen LogP contribution in [0.25, 0.3) is 10.4 Å². The Bertz CT molecular complexity index is 1420. The molecule has 12 heteroatoms. The van der Waals surface area contributed by atoms with Gasteiger partial charge in [0.05, 0.1) is 34.5 Å². The molecule has 2 N–H and O–H groups in total. The lowest BCUT2D eigenvalue weighted by Crippen LogP contribution is -2.56. The molecule has 38 heavy (non-hydrogen) atoms. The van der Waals surface area contributed by atoms with Crippen LogP contribution < -0.4 is 5.32 Å². The fourth-order valence-electron chi connectivity index (χ4n) is 5.79. The van der Waals surface area contributed by atoms with E-state index in [1.807, 2.05) is 45.0 Å². The molecule has 4 atom stereocenters. The van der Waals surface area contributed by atoms with Crippen molar-refractivity contribution in [3.63, 3.8) is 0 Å². The van der Waals surface area contributed by atoms with Gasteiger partial charge in [0.15, 0.2) is 0 Å². The molecule has 2 aromatic rings. The Labute approximate surface area is 226 Å². The molecule has 2 fully saturated rings. The first-order valence-corrected chi connectivity index (χ1v) is 15.3. The number of thiazole rings is 1. The molecule has 3 aliphatic heterocycles. The third kappa shape index (κ3) is 4.47. The molecule has 3 aliphatic rings. The maximum absolute atomic E-state index is 13.9. The highest BCUT2D eigenvalue weighted by Crippen LogP contribution is 2.40. The fourth-order valence-corrected chi connectivity index (χ4v) is 7.78. The maximum Gasteiger partial charge on any atom is 0.277 e. The smallest absolute Gasteiger partial charge is 0.277 e. The largest absolute Gasteiger partial charge is 0.391 e. The lowest BCUT2D eigenvalue weighted by atomic mass is 9.84. The van der Waals surface area contributed by atoms with E-state index in [9.17, 15) is 23.1 Å². The summed E-state index contributed by atoms with van der Waals surface area (Å²) < 4.78 is 26.2. The molecule has 0 spiro atoms. The summed E-state index contributed by atoms with van der Waals surface area (Å²) in [5, 5.41) is 13.8. The highest BCUT2D eigenvalue weighted by molar-refractivity contribution is 7.88. The van der Waals surface area contributed by atoms with Gasteiger partial charge in [-0.2, -0.15) is 9.30 Å². The molecular formula is C26H33N5O5S2. The second-order valence-corrected chi connectivity index (χ2v) is 14.1. The van der Waals surface area contributed by atoms with Crippen LogP contribution in [-0.4, -0.2) is 82.9 Å². The van der Waals surface area contributed by atoms with Crippen molar-refractivity contribution in [2.45, 2.75) is 64.3 Å². The predicted octanol–water partition coefficient (Wildman–Crippen LogP) is 1.88. The number of aliphatic hydroxyl groups is 1. The van der Waals surface area contributed by atoms with Crippen molar-refractivity contribution in [3.8, 4) is 10.4 Å². The summed E-state index contributed by atoms with van der Waals surface area (Å²) in [5.41, 5.74) is 2.76. The molecule has 0 aliphatic carbocycles.